The first kappa shape index (κ1) is 82.1. The predicted octanol–water partition coefficient (Wildman–Crippen LogP) is 37.3. The second kappa shape index (κ2) is 31.9. The maximum absolute atomic E-state index is 2.61. The topological polar surface area (TPSA) is 21.3 Å². The molecule has 6 heterocycles. The quantitative estimate of drug-likeness (QED) is 0.108. The summed E-state index contributed by atoms with van der Waals surface area (Å²) in [7, 11) is 0. The van der Waals surface area contributed by atoms with Crippen molar-refractivity contribution in [3.8, 4) is 117 Å². The Morgan fingerprint density at radius 3 is 1.15 bits per heavy atom. The molecule has 27 aromatic rings. The molecule has 0 radical (unpaired) electrons. The fourth-order valence-corrected chi connectivity index (χ4v) is 27.4. The summed E-state index contributed by atoms with van der Waals surface area (Å²) < 4.78 is 10.2. The monoisotopic (exact) mass is 1870 g/mol. The zero-order chi connectivity index (χ0) is 95.6. The van der Waals surface area contributed by atoms with E-state index in [1.165, 1.54) is 192 Å². The van der Waals surface area contributed by atoms with Gasteiger partial charge in [-0.05, 0) is 267 Å². The van der Waals surface area contributed by atoms with E-state index in [0.717, 1.165) is 89.8 Å². The number of para-hydroxylation sites is 8. The summed E-state index contributed by atoms with van der Waals surface area (Å²) in [6.45, 7) is 0. The third-order valence-corrected chi connectivity index (χ3v) is 33.4. The van der Waals surface area contributed by atoms with Crippen LogP contribution in [0.15, 0.2) is 528 Å². The molecule has 0 amide bonds. The van der Waals surface area contributed by atoms with Gasteiger partial charge in [0.1, 0.15) is 0 Å². The maximum Gasteiger partial charge on any atom is 0.0755 e. The van der Waals surface area contributed by atoms with Gasteiger partial charge in [-0.25, -0.2) is 0 Å². The van der Waals surface area contributed by atoms with Crippen LogP contribution >= 0.6 is 11.3 Å². The van der Waals surface area contributed by atoms with Gasteiger partial charge in [0.05, 0.1) is 66.7 Å². The highest BCUT2D eigenvalue weighted by atomic mass is 32.1. The lowest BCUT2D eigenvalue weighted by Crippen LogP contribution is -2.33. The molecule has 2 aliphatic heterocycles. The fraction of sp³-hybridized carbons (Fsp3) is 0.0143. The number of hydrogen-bond donors (Lipinski definition) is 0. The average Bonchev–Trinajstić information content (AvgIpc) is 1.50. The molecule has 4 aliphatic rings. The number of rotatable bonds is 14. The van der Waals surface area contributed by atoms with E-state index in [1.54, 1.807) is 0 Å². The highest BCUT2D eigenvalue weighted by Crippen LogP contribution is 2.66. The molecule has 0 saturated heterocycles. The molecule has 31 rings (SSSR count). The molecule has 2 unspecified atom stereocenters. The third kappa shape index (κ3) is 11.7. The fourth-order valence-electron chi connectivity index (χ4n) is 26.3. The van der Waals surface area contributed by atoms with Crippen LogP contribution in [0.5, 0.6) is 0 Å². The summed E-state index contributed by atoms with van der Waals surface area (Å²) in [6, 6.07) is 199. The molecule has 678 valence electrons. The van der Waals surface area contributed by atoms with Crippen molar-refractivity contribution in [3.05, 3.63) is 572 Å². The van der Waals surface area contributed by atoms with Crippen molar-refractivity contribution in [3.63, 3.8) is 0 Å². The van der Waals surface area contributed by atoms with Crippen LogP contribution in [0.2, 0.25) is 0 Å². The van der Waals surface area contributed by atoms with Crippen molar-refractivity contribution in [1.29, 1.82) is 0 Å². The predicted molar refractivity (Wildman–Crippen MR) is 611 cm³/mol. The molecule has 0 bridgehead atoms. The summed E-state index contributed by atoms with van der Waals surface area (Å²) in [5.41, 5.74) is 46.9. The third-order valence-electron chi connectivity index (χ3n) is 32.3. The van der Waals surface area contributed by atoms with Crippen LogP contribution in [0.25, 0.3) is 203 Å². The molecular formula is C140H87N5S. The van der Waals surface area contributed by atoms with Crippen LogP contribution in [0.1, 0.15) is 44.5 Å². The lowest BCUT2D eigenvalue weighted by Gasteiger charge is -2.40. The molecule has 2 aliphatic carbocycles. The Morgan fingerprint density at radius 2 is 0.555 bits per heavy atom. The zero-order valence-electron chi connectivity index (χ0n) is 79.4. The molecule has 0 saturated carbocycles. The Morgan fingerprint density at radius 1 is 0.171 bits per heavy atom. The smallest absolute Gasteiger partial charge is 0.0755 e. The first-order valence-electron chi connectivity index (χ1n) is 50.6. The number of fused-ring (bicyclic) bond motifs is 30. The molecule has 146 heavy (non-hydrogen) atoms. The number of anilines is 6. The number of hydrogen-bond acceptors (Lipinski definition) is 3. The highest BCUT2D eigenvalue weighted by molar-refractivity contribution is 7.25. The van der Waals surface area contributed by atoms with Crippen molar-refractivity contribution < 1.29 is 0 Å². The van der Waals surface area contributed by atoms with Gasteiger partial charge in [-0.2, -0.15) is 0 Å². The number of nitrogens with zero attached hydrogens (tertiary/aromatic N) is 5. The van der Waals surface area contributed by atoms with Gasteiger partial charge in [0.15, 0.2) is 0 Å². The summed E-state index contributed by atoms with van der Waals surface area (Å²) in [5, 5.41) is 9.91. The van der Waals surface area contributed by atoms with E-state index in [9.17, 15) is 0 Å². The minimum Gasteiger partial charge on any atom is -0.310 e. The maximum atomic E-state index is 2.61. The van der Waals surface area contributed by atoms with E-state index in [1.807, 2.05) is 11.3 Å². The van der Waals surface area contributed by atoms with Crippen LogP contribution in [0.4, 0.5) is 34.1 Å². The number of thiophene rings is 1. The molecule has 2 atom stereocenters. The standard InChI is InChI=1S/C140H87N5S/c1-4-33-90(34-5-1)100-39-10-12-41-103(100)109-45-16-24-58-126(109)141(96-72-65-88(66-73-96)92-71-82-135-117(83-92)113-48-19-29-64-134(113)146-135)99-77-80-108-106-44-15-21-53-119(106)140(125(108)87-99)121-55-23-28-62-131(121)145-132-63-32-49-102(136(132)115-51-31-57-123(140)138(115)145)94-70-81-129-116(84-94)112-78-69-93(85-133(112)143(129)95-37-8-3-9-38-95)89-67-74-97(75-68-89)142(127-59-25-17-46-110(127)104-42-13-11-40-101(104)91-35-6-2-7-36-91)98-76-79-107-105-43-14-20-52-118(105)139(124(107)86-98)120-54-22-27-61-130(120)144-128-60-26-18-47-111(128)114-50-30-56-122(139)137(114)144/h1-87H. The second-order valence-electron chi connectivity index (χ2n) is 39.4. The first-order chi connectivity index (χ1) is 72.5. The van der Waals surface area contributed by atoms with Crippen LogP contribution in [-0.2, 0) is 10.8 Å². The molecule has 0 fully saturated rings. The van der Waals surface area contributed by atoms with Crippen molar-refractivity contribution in [2.75, 3.05) is 9.80 Å². The SMILES string of the molecule is c1ccc(-c2ccccc2-c2ccccc2N(c2ccc(-c3ccc4c5cc(-c6cccc7c6c6cccc8c6n7-c6ccccc6C86c7ccccc7-c7ccc(N(c8ccc(-c9ccc%10sc%11ccccc%11c%10c9)cc8)c8ccccc8-c8ccccc8-c8ccccc8)cc76)ccc5n(-c5ccccc5)c4c3)cc2)c2ccc3c(c2)C2(c4ccccc4-3)c3ccccc3-n3c4ccccc4c4cccc2c43)cc1. The van der Waals surface area contributed by atoms with Gasteiger partial charge >= 0.3 is 0 Å². The van der Waals surface area contributed by atoms with Gasteiger partial charge in [0.25, 0.3) is 0 Å². The van der Waals surface area contributed by atoms with Crippen molar-refractivity contribution in [2.24, 2.45) is 0 Å². The Kier molecular flexibility index (Phi) is 17.9. The average molecular weight is 1870 g/mol. The van der Waals surface area contributed by atoms with Crippen molar-refractivity contribution >= 4 is 131 Å². The van der Waals surface area contributed by atoms with Crippen LogP contribution < -0.4 is 9.80 Å². The van der Waals surface area contributed by atoms with E-state index >= 15 is 0 Å². The molecule has 0 N–H and O–H groups in total. The Hall–Kier alpha value is -18.7. The largest absolute Gasteiger partial charge is 0.310 e. The Balaban J connectivity index is 0.550. The summed E-state index contributed by atoms with van der Waals surface area (Å²) >= 11 is 1.86. The van der Waals surface area contributed by atoms with Crippen LogP contribution in [0.3, 0.4) is 0 Å². The Bertz CT molecular complexity index is 10200. The number of aromatic nitrogens is 3. The lowest BCUT2D eigenvalue weighted by atomic mass is 9.65. The minimum atomic E-state index is -0.754. The van der Waals surface area contributed by atoms with E-state index in [0.29, 0.717) is 0 Å². The molecule has 5 nitrogen and oxygen atoms in total. The summed E-state index contributed by atoms with van der Waals surface area (Å²) in [5.74, 6) is 0. The van der Waals surface area contributed by atoms with E-state index < -0.39 is 10.8 Å². The molecular weight excluding hydrogens is 1780 g/mol. The van der Waals surface area contributed by atoms with E-state index in [4.69, 9.17) is 0 Å². The molecule has 23 aromatic carbocycles. The minimum absolute atomic E-state index is 0.663. The van der Waals surface area contributed by atoms with E-state index in [2.05, 4.69) is 551 Å². The van der Waals surface area contributed by atoms with Gasteiger partial charge < -0.3 is 23.5 Å². The lowest BCUT2D eigenvalue weighted by molar-refractivity contribution is 0.748. The van der Waals surface area contributed by atoms with Crippen LogP contribution in [0, 0.1) is 0 Å². The van der Waals surface area contributed by atoms with Gasteiger partial charge in [-0.1, -0.05) is 394 Å². The molecule has 6 heteroatoms. The van der Waals surface area contributed by atoms with Crippen molar-refractivity contribution in [1.82, 2.24) is 13.7 Å². The van der Waals surface area contributed by atoms with E-state index in [-0.39, 0.29) is 0 Å². The summed E-state index contributed by atoms with van der Waals surface area (Å²) in [4.78, 5) is 5.05. The molecule has 4 aromatic heterocycles. The highest BCUT2D eigenvalue weighted by Gasteiger charge is 2.54. The van der Waals surface area contributed by atoms with Gasteiger partial charge in [0.2, 0.25) is 0 Å². The normalized spacial score (nSPS) is 14.4. The first-order valence-corrected chi connectivity index (χ1v) is 51.4. The Labute approximate surface area is 848 Å². The molecule has 2 spiro atoms. The van der Waals surface area contributed by atoms with Gasteiger partial charge in [0, 0.05) is 92.1 Å². The van der Waals surface area contributed by atoms with Crippen molar-refractivity contribution in [2.45, 2.75) is 10.8 Å². The summed E-state index contributed by atoms with van der Waals surface area (Å²) in [6.07, 6.45) is 0. The van der Waals surface area contributed by atoms with Gasteiger partial charge in [-0.15, -0.1) is 11.3 Å². The van der Waals surface area contributed by atoms with Gasteiger partial charge in [-0.3, -0.25) is 0 Å². The second-order valence-corrected chi connectivity index (χ2v) is 40.5. The zero-order valence-corrected chi connectivity index (χ0v) is 80.2. The van der Waals surface area contributed by atoms with Crippen LogP contribution in [-0.4, -0.2) is 13.7 Å². The number of benzene rings is 23.